The van der Waals surface area contributed by atoms with Crippen molar-refractivity contribution in [3.05, 3.63) is 44.8 Å². The number of nitrogens with zero attached hydrogens (tertiary/aromatic N) is 1. The molecular formula is C16H18N4O6S. The number of hydrogen-bond acceptors (Lipinski definition) is 8. The van der Waals surface area contributed by atoms with Gasteiger partial charge < -0.3 is 19.9 Å². The number of hydrogen-bond donors (Lipinski definition) is 3. The smallest absolute Gasteiger partial charge is 0.342 e. The van der Waals surface area contributed by atoms with E-state index in [0.717, 1.165) is 6.07 Å². The second kappa shape index (κ2) is 8.54. The molecule has 144 valence electrons. The van der Waals surface area contributed by atoms with Crippen molar-refractivity contribution in [1.29, 1.82) is 0 Å². The fraction of sp³-hybridized carbons (Fsp3) is 0.312. The van der Waals surface area contributed by atoms with Crippen molar-refractivity contribution < 1.29 is 23.5 Å². The molecule has 11 heteroatoms. The summed E-state index contributed by atoms with van der Waals surface area (Å²) >= 11 is 1.41. The standard InChI is InChI=1S/C16H18N4O6S/c1-4-25-16(24)11-7(2)26-15(12(11)13(17)22)20-14(23)8-5-10(21)19-9(18-8)6-27-3/h5H,4,6H2,1-3H3,(H2,17,22)(H,20,23)(H,18,19,21). The van der Waals surface area contributed by atoms with Crippen molar-refractivity contribution in [2.45, 2.75) is 19.6 Å². The molecule has 0 aliphatic rings. The number of anilines is 1. The van der Waals surface area contributed by atoms with E-state index in [1.807, 2.05) is 6.26 Å². The molecule has 0 aliphatic heterocycles. The summed E-state index contributed by atoms with van der Waals surface area (Å²) in [5.74, 6) is -2.12. The summed E-state index contributed by atoms with van der Waals surface area (Å²) in [6.45, 7) is 3.11. The lowest BCUT2D eigenvalue weighted by atomic mass is 10.1. The minimum atomic E-state index is -0.979. The number of aryl methyl sites for hydroxylation is 1. The van der Waals surface area contributed by atoms with Gasteiger partial charge in [0, 0.05) is 6.07 Å². The number of furan rings is 1. The molecule has 2 heterocycles. The Labute approximate surface area is 157 Å². The van der Waals surface area contributed by atoms with Crippen molar-refractivity contribution in [2.24, 2.45) is 5.73 Å². The zero-order valence-electron chi connectivity index (χ0n) is 14.9. The van der Waals surface area contributed by atoms with Gasteiger partial charge in [0.1, 0.15) is 28.4 Å². The summed E-state index contributed by atoms with van der Waals surface area (Å²) in [6, 6.07) is 1.01. The molecule has 0 aromatic carbocycles. The summed E-state index contributed by atoms with van der Waals surface area (Å²) in [7, 11) is 0. The molecule has 0 radical (unpaired) electrons. The zero-order valence-corrected chi connectivity index (χ0v) is 15.7. The molecule has 2 amide bonds. The highest BCUT2D eigenvalue weighted by Gasteiger charge is 2.29. The predicted molar refractivity (Wildman–Crippen MR) is 97.9 cm³/mol. The lowest BCUT2D eigenvalue weighted by Crippen LogP contribution is -2.22. The lowest BCUT2D eigenvalue weighted by Gasteiger charge is -2.05. The molecule has 0 saturated heterocycles. The van der Waals surface area contributed by atoms with Gasteiger partial charge in [0.2, 0.25) is 5.88 Å². The van der Waals surface area contributed by atoms with E-state index in [0.29, 0.717) is 11.6 Å². The molecule has 27 heavy (non-hydrogen) atoms. The van der Waals surface area contributed by atoms with Crippen LogP contribution in [0.2, 0.25) is 0 Å². The highest BCUT2D eigenvalue weighted by molar-refractivity contribution is 7.97. The van der Waals surface area contributed by atoms with Gasteiger partial charge in [0.05, 0.1) is 12.4 Å². The highest BCUT2D eigenvalue weighted by atomic mass is 32.2. The third-order valence-corrected chi connectivity index (χ3v) is 3.90. The van der Waals surface area contributed by atoms with Gasteiger partial charge in [-0.05, 0) is 20.1 Å². The summed E-state index contributed by atoms with van der Waals surface area (Å²) in [5.41, 5.74) is 4.18. The maximum Gasteiger partial charge on any atom is 0.342 e. The number of H-pyrrole nitrogens is 1. The molecule has 4 N–H and O–H groups in total. The van der Waals surface area contributed by atoms with Gasteiger partial charge in [-0.15, -0.1) is 0 Å². The third-order valence-electron chi connectivity index (χ3n) is 3.34. The molecule has 0 spiro atoms. The van der Waals surface area contributed by atoms with Crippen LogP contribution in [-0.2, 0) is 10.5 Å². The molecule has 2 aromatic rings. The van der Waals surface area contributed by atoms with Crippen molar-refractivity contribution in [3.8, 4) is 0 Å². The van der Waals surface area contributed by atoms with Gasteiger partial charge in [0.25, 0.3) is 17.4 Å². The Kier molecular flexibility index (Phi) is 6.40. The number of nitrogens with two attached hydrogens (primary N) is 1. The van der Waals surface area contributed by atoms with E-state index in [4.69, 9.17) is 14.9 Å². The topological polar surface area (TPSA) is 157 Å². The SMILES string of the molecule is CCOC(=O)c1c(C)oc(NC(=O)c2cc(=O)[nH]c(CSC)n2)c1C(N)=O. The van der Waals surface area contributed by atoms with Gasteiger partial charge >= 0.3 is 5.97 Å². The van der Waals surface area contributed by atoms with Gasteiger partial charge in [0.15, 0.2) is 0 Å². The second-order valence-electron chi connectivity index (χ2n) is 5.29. The minimum Gasteiger partial charge on any atom is -0.462 e. The first-order valence-corrected chi connectivity index (χ1v) is 9.18. The van der Waals surface area contributed by atoms with Gasteiger partial charge in [-0.25, -0.2) is 9.78 Å². The largest absolute Gasteiger partial charge is 0.462 e. The van der Waals surface area contributed by atoms with Crippen LogP contribution in [0, 0.1) is 6.92 Å². The first-order valence-electron chi connectivity index (χ1n) is 7.79. The van der Waals surface area contributed by atoms with E-state index < -0.39 is 23.3 Å². The number of aromatic amines is 1. The van der Waals surface area contributed by atoms with E-state index in [1.54, 1.807) is 6.92 Å². The Balaban J connectivity index is 2.41. The van der Waals surface area contributed by atoms with E-state index >= 15 is 0 Å². The van der Waals surface area contributed by atoms with Crippen molar-refractivity contribution >= 4 is 35.4 Å². The number of carbonyl (C=O) groups excluding carboxylic acids is 3. The predicted octanol–water partition coefficient (Wildman–Crippen LogP) is 1.06. The molecule has 2 aromatic heterocycles. The van der Waals surface area contributed by atoms with Crippen LogP contribution in [-0.4, -0.2) is 40.6 Å². The fourth-order valence-corrected chi connectivity index (χ4v) is 2.72. The van der Waals surface area contributed by atoms with Crippen LogP contribution in [0.4, 0.5) is 5.88 Å². The van der Waals surface area contributed by atoms with Crippen molar-refractivity contribution in [1.82, 2.24) is 9.97 Å². The highest BCUT2D eigenvalue weighted by Crippen LogP contribution is 2.28. The Morgan fingerprint density at radius 3 is 2.67 bits per heavy atom. The van der Waals surface area contributed by atoms with Crippen LogP contribution in [0.15, 0.2) is 15.3 Å². The van der Waals surface area contributed by atoms with E-state index in [1.165, 1.54) is 18.7 Å². The molecule has 10 nitrogen and oxygen atoms in total. The molecule has 0 aliphatic carbocycles. The number of esters is 1. The average molecular weight is 394 g/mol. The normalized spacial score (nSPS) is 10.5. The summed E-state index contributed by atoms with van der Waals surface area (Å²) in [4.78, 5) is 54.6. The first-order chi connectivity index (χ1) is 12.8. The monoisotopic (exact) mass is 394 g/mol. The van der Waals surface area contributed by atoms with Crippen LogP contribution in [0.25, 0.3) is 0 Å². The number of thioether (sulfide) groups is 1. The Morgan fingerprint density at radius 2 is 2.07 bits per heavy atom. The van der Waals surface area contributed by atoms with Crippen molar-refractivity contribution in [2.75, 3.05) is 18.2 Å². The molecule has 0 unspecified atom stereocenters. The lowest BCUT2D eigenvalue weighted by molar-refractivity contribution is 0.0521. The minimum absolute atomic E-state index is 0.0551. The molecule has 0 atom stereocenters. The van der Waals surface area contributed by atoms with Crippen LogP contribution in [0.5, 0.6) is 0 Å². The van der Waals surface area contributed by atoms with Gasteiger partial charge in [-0.3, -0.25) is 19.7 Å². The molecule has 0 fully saturated rings. The molecule has 0 bridgehead atoms. The van der Waals surface area contributed by atoms with Crippen molar-refractivity contribution in [3.63, 3.8) is 0 Å². The Morgan fingerprint density at radius 1 is 1.37 bits per heavy atom. The number of amides is 2. The zero-order chi connectivity index (χ0) is 20.1. The number of carbonyl (C=O) groups is 3. The summed E-state index contributed by atoms with van der Waals surface area (Å²) in [6.07, 6.45) is 1.81. The van der Waals surface area contributed by atoms with Crippen LogP contribution >= 0.6 is 11.8 Å². The number of ether oxygens (including phenoxy) is 1. The third kappa shape index (κ3) is 4.56. The number of aromatic nitrogens is 2. The van der Waals surface area contributed by atoms with Gasteiger partial charge in [-0.1, -0.05) is 0 Å². The van der Waals surface area contributed by atoms with Crippen LogP contribution in [0.1, 0.15) is 49.7 Å². The Bertz CT molecular complexity index is 949. The van der Waals surface area contributed by atoms with Gasteiger partial charge in [-0.2, -0.15) is 11.8 Å². The first kappa shape index (κ1) is 20.2. The number of nitrogens with one attached hydrogen (secondary N) is 2. The molecule has 2 rings (SSSR count). The molecular weight excluding hydrogens is 376 g/mol. The molecule has 0 saturated carbocycles. The second-order valence-corrected chi connectivity index (χ2v) is 6.15. The van der Waals surface area contributed by atoms with E-state index in [9.17, 15) is 19.2 Å². The number of primary amides is 1. The summed E-state index contributed by atoms with van der Waals surface area (Å²) < 4.78 is 10.2. The van der Waals surface area contributed by atoms with E-state index in [-0.39, 0.29) is 35.1 Å². The number of rotatable bonds is 7. The fourth-order valence-electron chi connectivity index (χ4n) is 2.31. The van der Waals surface area contributed by atoms with Crippen LogP contribution < -0.4 is 16.6 Å². The quantitative estimate of drug-likeness (QED) is 0.588. The van der Waals surface area contributed by atoms with Crippen LogP contribution in [0.3, 0.4) is 0 Å². The Hall–Kier alpha value is -3.08. The van der Waals surface area contributed by atoms with E-state index in [2.05, 4.69) is 15.3 Å². The maximum absolute atomic E-state index is 12.5. The maximum atomic E-state index is 12.5. The summed E-state index contributed by atoms with van der Waals surface area (Å²) in [5, 5.41) is 2.33. The average Bonchev–Trinajstić information content (AvgIpc) is 2.91.